The Morgan fingerprint density at radius 1 is 1.08 bits per heavy atom. The Labute approximate surface area is 153 Å². The summed E-state index contributed by atoms with van der Waals surface area (Å²) in [5.74, 6) is -0.122. The summed E-state index contributed by atoms with van der Waals surface area (Å²) in [7, 11) is 1.59. The molecule has 0 radical (unpaired) electrons. The lowest BCUT2D eigenvalue weighted by Gasteiger charge is -2.42. The Bertz CT molecular complexity index is 698. The summed E-state index contributed by atoms with van der Waals surface area (Å²) in [6, 6.07) is 7.56. The van der Waals surface area contributed by atoms with Gasteiger partial charge in [0.15, 0.2) is 0 Å². The Hall–Kier alpha value is -2.57. The number of piperidine rings is 1. The molecule has 3 amide bonds. The van der Waals surface area contributed by atoms with Crippen molar-refractivity contribution in [2.45, 2.75) is 32.4 Å². The van der Waals surface area contributed by atoms with Crippen molar-refractivity contribution in [2.24, 2.45) is 0 Å². The van der Waals surface area contributed by atoms with E-state index in [0.717, 1.165) is 18.4 Å². The van der Waals surface area contributed by atoms with Crippen LogP contribution in [-0.2, 0) is 20.9 Å². The van der Waals surface area contributed by atoms with Crippen LogP contribution in [0.3, 0.4) is 0 Å². The van der Waals surface area contributed by atoms with Gasteiger partial charge in [0, 0.05) is 51.3 Å². The maximum atomic E-state index is 12.6. The van der Waals surface area contributed by atoms with Gasteiger partial charge in [-0.15, -0.1) is 0 Å². The Morgan fingerprint density at radius 3 is 2.42 bits per heavy atom. The molecule has 7 nitrogen and oxygen atoms in total. The quantitative estimate of drug-likeness (QED) is 0.748. The number of carbonyl (C=O) groups is 3. The van der Waals surface area contributed by atoms with E-state index in [4.69, 9.17) is 4.74 Å². The average molecular weight is 359 g/mol. The molecular formula is C19H25N3O4. The number of likely N-dealkylation sites (tertiary alicyclic amines) is 1. The fourth-order valence-electron chi connectivity index (χ4n) is 3.72. The number of carbonyl (C=O) groups excluding carboxylic acids is 3. The number of nitrogens with zero attached hydrogens (tertiary/aromatic N) is 3. The van der Waals surface area contributed by atoms with Crippen LogP contribution in [0.15, 0.2) is 24.3 Å². The van der Waals surface area contributed by atoms with Gasteiger partial charge in [-0.05, 0) is 18.9 Å². The SMILES string of the molecule is COc1ccccc1CN1CCN(C2CCN(C(C)=O)CC2)C(=O)C1=O. The molecule has 0 spiro atoms. The van der Waals surface area contributed by atoms with E-state index in [-0.39, 0.29) is 11.9 Å². The third-order valence-electron chi connectivity index (χ3n) is 5.25. The fraction of sp³-hybridized carbons (Fsp3) is 0.526. The fourth-order valence-corrected chi connectivity index (χ4v) is 3.72. The van der Waals surface area contributed by atoms with Gasteiger partial charge in [-0.1, -0.05) is 18.2 Å². The zero-order valence-corrected chi connectivity index (χ0v) is 15.3. The lowest BCUT2D eigenvalue weighted by atomic mass is 10.0. The van der Waals surface area contributed by atoms with E-state index < -0.39 is 11.8 Å². The number of methoxy groups -OCH3 is 1. The molecule has 0 aromatic heterocycles. The molecule has 2 aliphatic rings. The summed E-state index contributed by atoms with van der Waals surface area (Å²) in [4.78, 5) is 41.7. The van der Waals surface area contributed by atoms with Crippen molar-refractivity contribution in [1.29, 1.82) is 0 Å². The predicted molar refractivity (Wildman–Crippen MR) is 95.4 cm³/mol. The molecule has 140 valence electrons. The summed E-state index contributed by atoms with van der Waals surface area (Å²) in [6.07, 6.45) is 1.45. The third-order valence-corrected chi connectivity index (χ3v) is 5.25. The molecule has 1 aromatic rings. The zero-order valence-electron chi connectivity index (χ0n) is 15.3. The minimum Gasteiger partial charge on any atom is -0.496 e. The molecule has 0 unspecified atom stereocenters. The average Bonchev–Trinajstić information content (AvgIpc) is 2.66. The number of hydrogen-bond donors (Lipinski definition) is 0. The topological polar surface area (TPSA) is 70.2 Å². The van der Waals surface area contributed by atoms with Gasteiger partial charge in [0.25, 0.3) is 0 Å². The highest BCUT2D eigenvalue weighted by Gasteiger charge is 2.37. The first-order valence-corrected chi connectivity index (χ1v) is 8.98. The lowest BCUT2D eigenvalue weighted by Crippen LogP contribution is -2.58. The van der Waals surface area contributed by atoms with Gasteiger partial charge in [0.2, 0.25) is 5.91 Å². The molecule has 0 aliphatic carbocycles. The van der Waals surface area contributed by atoms with Crippen LogP contribution in [0.2, 0.25) is 0 Å². The number of ether oxygens (including phenoxy) is 1. The number of rotatable bonds is 4. The summed E-state index contributed by atoms with van der Waals surface area (Å²) in [5, 5.41) is 0. The van der Waals surface area contributed by atoms with Crippen molar-refractivity contribution < 1.29 is 19.1 Å². The highest BCUT2D eigenvalue weighted by Crippen LogP contribution is 2.23. The van der Waals surface area contributed by atoms with Crippen molar-refractivity contribution in [3.05, 3.63) is 29.8 Å². The Balaban J connectivity index is 1.62. The number of amides is 3. The van der Waals surface area contributed by atoms with Gasteiger partial charge in [-0.2, -0.15) is 0 Å². The van der Waals surface area contributed by atoms with E-state index in [9.17, 15) is 14.4 Å². The van der Waals surface area contributed by atoms with E-state index in [1.807, 2.05) is 24.3 Å². The van der Waals surface area contributed by atoms with Crippen LogP contribution in [0, 0.1) is 0 Å². The van der Waals surface area contributed by atoms with Gasteiger partial charge >= 0.3 is 11.8 Å². The summed E-state index contributed by atoms with van der Waals surface area (Å²) >= 11 is 0. The van der Waals surface area contributed by atoms with Crippen LogP contribution in [0.25, 0.3) is 0 Å². The zero-order chi connectivity index (χ0) is 18.7. The monoisotopic (exact) mass is 359 g/mol. The maximum absolute atomic E-state index is 12.6. The number of para-hydroxylation sites is 1. The molecule has 2 heterocycles. The van der Waals surface area contributed by atoms with Crippen molar-refractivity contribution >= 4 is 17.7 Å². The van der Waals surface area contributed by atoms with Gasteiger partial charge < -0.3 is 19.4 Å². The molecule has 26 heavy (non-hydrogen) atoms. The summed E-state index contributed by atoms with van der Waals surface area (Å²) < 4.78 is 5.33. The largest absolute Gasteiger partial charge is 0.496 e. The molecule has 2 aliphatic heterocycles. The number of benzene rings is 1. The van der Waals surface area contributed by atoms with E-state index in [1.54, 1.807) is 28.7 Å². The standard InChI is InChI=1S/C19H25N3O4/c1-14(23)20-9-7-16(8-10-20)22-12-11-21(18(24)19(22)25)13-15-5-3-4-6-17(15)26-2/h3-6,16H,7-13H2,1-2H3. The highest BCUT2D eigenvalue weighted by molar-refractivity contribution is 6.35. The van der Waals surface area contributed by atoms with Crippen LogP contribution < -0.4 is 4.74 Å². The molecule has 1 aromatic carbocycles. The second kappa shape index (κ2) is 7.76. The molecule has 7 heteroatoms. The molecule has 0 atom stereocenters. The van der Waals surface area contributed by atoms with E-state index in [2.05, 4.69) is 0 Å². The normalized spacial score (nSPS) is 19.1. The van der Waals surface area contributed by atoms with Crippen LogP contribution in [0.5, 0.6) is 5.75 Å². The molecule has 0 bridgehead atoms. The number of piperazine rings is 1. The van der Waals surface area contributed by atoms with E-state index in [0.29, 0.717) is 38.5 Å². The smallest absolute Gasteiger partial charge is 0.312 e. The maximum Gasteiger partial charge on any atom is 0.312 e. The van der Waals surface area contributed by atoms with Gasteiger partial charge in [0.05, 0.1) is 7.11 Å². The molecule has 0 N–H and O–H groups in total. The molecule has 0 saturated carbocycles. The first kappa shape index (κ1) is 18.2. The Kier molecular flexibility index (Phi) is 5.44. The van der Waals surface area contributed by atoms with Gasteiger partial charge in [-0.3, -0.25) is 14.4 Å². The Morgan fingerprint density at radius 2 is 1.77 bits per heavy atom. The van der Waals surface area contributed by atoms with Crippen molar-refractivity contribution in [2.75, 3.05) is 33.3 Å². The second-order valence-corrected chi connectivity index (χ2v) is 6.77. The van der Waals surface area contributed by atoms with E-state index >= 15 is 0 Å². The minimum absolute atomic E-state index is 0.0375. The molecule has 2 saturated heterocycles. The van der Waals surface area contributed by atoms with E-state index in [1.165, 1.54) is 0 Å². The first-order valence-electron chi connectivity index (χ1n) is 8.98. The molecular weight excluding hydrogens is 334 g/mol. The minimum atomic E-state index is -0.462. The first-order chi connectivity index (χ1) is 12.5. The predicted octanol–water partition coefficient (Wildman–Crippen LogP) is 0.877. The van der Waals surface area contributed by atoms with Gasteiger partial charge in [-0.25, -0.2) is 0 Å². The van der Waals surface area contributed by atoms with Crippen LogP contribution >= 0.6 is 0 Å². The van der Waals surface area contributed by atoms with Gasteiger partial charge in [0.1, 0.15) is 5.75 Å². The summed E-state index contributed by atoms with van der Waals surface area (Å²) in [5.41, 5.74) is 0.888. The molecule has 3 rings (SSSR count). The third kappa shape index (κ3) is 3.66. The summed E-state index contributed by atoms with van der Waals surface area (Å²) in [6.45, 7) is 4.25. The van der Waals surface area contributed by atoms with Crippen molar-refractivity contribution in [3.8, 4) is 5.75 Å². The van der Waals surface area contributed by atoms with Crippen molar-refractivity contribution in [1.82, 2.24) is 14.7 Å². The van der Waals surface area contributed by atoms with Crippen LogP contribution in [0.4, 0.5) is 0 Å². The van der Waals surface area contributed by atoms with Crippen LogP contribution in [0.1, 0.15) is 25.3 Å². The molecule has 2 fully saturated rings. The van der Waals surface area contributed by atoms with Crippen LogP contribution in [-0.4, -0.2) is 71.8 Å². The number of hydrogen-bond acceptors (Lipinski definition) is 4. The lowest BCUT2D eigenvalue weighted by molar-refractivity contribution is -0.159. The van der Waals surface area contributed by atoms with Crippen molar-refractivity contribution in [3.63, 3.8) is 0 Å². The highest BCUT2D eigenvalue weighted by atomic mass is 16.5. The second-order valence-electron chi connectivity index (χ2n) is 6.77.